The Morgan fingerprint density at radius 3 is 1.31 bits per heavy atom. The lowest BCUT2D eigenvalue weighted by molar-refractivity contribution is 0.127. The second-order valence-electron chi connectivity index (χ2n) is 6.71. The zero-order valence-electron chi connectivity index (χ0n) is 14.3. The molecule has 0 unspecified atom stereocenters. The van der Waals surface area contributed by atoms with E-state index in [1.165, 1.54) is 0 Å². The van der Waals surface area contributed by atoms with Crippen molar-refractivity contribution in [1.82, 2.24) is 0 Å². The lowest BCUT2D eigenvalue weighted by Gasteiger charge is -2.31. The molecule has 0 amide bonds. The van der Waals surface area contributed by atoms with E-state index in [2.05, 4.69) is 36.4 Å². The normalized spacial score (nSPS) is 13.9. The van der Waals surface area contributed by atoms with E-state index in [9.17, 15) is 5.11 Å². The van der Waals surface area contributed by atoms with Crippen LogP contribution in [0.4, 0.5) is 0 Å². The highest BCUT2D eigenvalue weighted by atomic mass is 16.3. The molecule has 1 nitrogen and oxygen atoms in total. The SMILES string of the molecule is OC1(c2ccccc2)c2ccccc2-c2ccccc2-c2ccccc21. The van der Waals surface area contributed by atoms with Gasteiger partial charge in [0.25, 0.3) is 0 Å². The summed E-state index contributed by atoms with van der Waals surface area (Å²) in [6.45, 7) is 0. The number of hydrogen-bond acceptors (Lipinski definition) is 1. The lowest BCUT2D eigenvalue weighted by atomic mass is 9.78. The van der Waals surface area contributed by atoms with Gasteiger partial charge in [-0.3, -0.25) is 0 Å². The van der Waals surface area contributed by atoms with Gasteiger partial charge in [0.15, 0.2) is 0 Å². The Morgan fingerprint density at radius 2 is 0.808 bits per heavy atom. The fourth-order valence-electron chi connectivity index (χ4n) is 4.16. The van der Waals surface area contributed by atoms with E-state index < -0.39 is 5.60 Å². The minimum Gasteiger partial charge on any atom is -0.376 e. The first-order valence-electron chi connectivity index (χ1n) is 8.87. The second-order valence-corrected chi connectivity index (χ2v) is 6.71. The zero-order chi connectivity index (χ0) is 17.6. The van der Waals surface area contributed by atoms with Crippen LogP contribution in [0.1, 0.15) is 16.7 Å². The summed E-state index contributed by atoms with van der Waals surface area (Å²) in [5.41, 5.74) is 5.98. The van der Waals surface area contributed by atoms with Gasteiger partial charge in [-0.15, -0.1) is 0 Å². The summed E-state index contributed by atoms with van der Waals surface area (Å²) in [6, 6.07) is 34.7. The Kier molecular flexibility index (Phi) is 3.31. The maximum absolute atomic E-state index is 12.2. The number of benzene rings is 4. The highest BCUT2D eigenvalue weighted by molar-refractivity contribution is 5.90. The zero-order valence-corrected chi connectivity index (χ0v) is 14.3. The highest BCUT2D eigenvalue weighted by Crippen LogP contribution is 2.49. The number of rotatable bonds is 1. The van der Waals surface area contributed by atoms with Crippen molar-refractivity contribution in [3.8, 4) is 22.3 Å². The van der Waals surface area contributed by atoms with E-state index in [-0.39, 0.29) is 0 Å². The van der Waals surface area contributed by atoms with Crippen molar-refractivity contribution in [3.05, 3.63) is 120 Å². The Morgan fingerprint density at radius 1 is 0.423 bits per heavy atom. The Labute approximate surface area is 153 Å². The van der Waals surface area contributed by atoms with Gasteiger partial charge in [0.2, 0.25) is 0 Å². The van der Waals surface area contributed by atoms with Crippen LogP contribution in [0, 0.1) is 0 Å². The maximum Gasteiger partial charge on any atom is 0.141 e. The molecule has 0 radical (unpaired) electrons. The molecule has 0 heterocycles. The van der Waals surface area contributed by atoms with E-state index in [1.54, 1.807) is 0 Å². The third-order valence-electron chi connectivity index (χ3n) is 5.33. The molecule has 5 rings (SSSR count). The Hall–Kier alpha value is -3.16. The minimum atomic E-state index is -1.20. The molecule has 0 atom stereocenters. The van der Waals surface area contributed by atoms with Gasteiger partial charge in [0.05, 0.1) is 0 Å². The minimum absolute atomic E-state index is 0.882. The van der Waals surface area contributed by atoms with Gasteiger partial charge in [-0.25, -0.2) is 0 Å². The van der Waals surface area contributed by atoms with Crippen LogP contribution in [0.25, 0.3) is 22.3 Å². The lowest BCUT2D eigenvalue weighted by Crippen LogP contribution is -2.29. The monoisotopic (exact) mass is 334 g/mol. The van der Waals surface area contributed by atoms with Crippen LogP contribution in [0.15, 0.2) is 103 Å². The van der Waals surface area contributed by atoms with Crippen LogP contribution in [0.2, 0.25) is 0 Å². The number of aliphatic hydroxyl groups is 1. The van der Waals surface area contributed by atoms with E-state index in [0.29, 0.717) is 0 Å². The van der Waals surface area contributed by atoms with Crippen LogP contribution < -0.4 is 0 Å². The summed E-state index contributed by atoms with van der Waals surface area (Å²) in [4.78, 5) is 0. The van der Waals surface area contributed by atoms with E-state index in [4.69, 9.17) is 0 Å². The molecule has 0 aromatic heterocycles. The van der Waals surface area contributed by atoms with Crippen molar-refractivity contribution in [1.29, 1.82) is 0 Å². The smallest absolute Gasteiger partial charge is 0.141 e. The van der Waals surface area contributed by atoms with Gasteiger partial charge in [-0.05, 0) is 27.8 Å². The molecule has 0 spiro atoms. The van der Waals surface area contributed by atoms with Gasteiger partial charge < -0.3 is 5.11 Å². The molecule has 1 heteroatoms. The Bertz CT molecular complexity index is 1030. The van der Waals surface area contributed by atoms with Crippen LogP contribution >= 0.6 is 0 Å². The molecule has 26 heavy (non-hydrogen) atoms. The molecule has 0 saturated heterocycles. The van der Waals surface area contributed by atoms with Crippen molar-refractivity contribution in [3.63, 3.8) is 0 Å². The summed E-state index contributed by atoms with van der Waals surface area (Å²) in [7, 11) is 0. The molecule has 0 saturated carbocycles. The first-order chi connectivity index (χ1) is 12.8. The van der Waals surface area contributed by atoms with Crippen LogP contribution in [0.5, 0.6) is 0 Å². The molecule has 1 aliphatic rings. The fourth-order valence-corrected chi connectivity index (χ4v) is 4.16. The predicted octanol–water partition coefficient (Wildman–Crippen LogP) is 5.62. The molecule has 1 aliphatic carbocycles. The molecule has 0 fully saturated rings. The third kappa shape index (κ3) is 2.01. The fraction of sp³-hybridized carbons (Fsp3) is 0.0400. The first-order valence-corrected chi connectivity index (χ1v) is 8.87. The van der Waals surface area contributed by atoms with Crippen molar-refractivity contribution in [2.24, 2.45) is 0 Å². The maximum atomic E-state index is 12.2. The molecule has 124 valence electrons. The van der Waals surface area contributed by atoms with E-state index >= 15 is 0 Å². The molecular weight excluding hydrogens is 316 g/mol. The summed E-state index contributed by atoms with van der Waals surface area (Å²) >= 11 is 0. The Balaban J connectivity index is 1.99. The summed E-state index contributed by atoms with van der Waals surface area (Å²) in [5, 5.41) is 12.2. The topological polar surface area (TPSA) is 20.2 Å². The predicted molar refractivity (Wildman–Crippen MR) is 106 cm³/mol. The second kappa shape index (κ2) is 5.69. The van der Waals surface area contributed by atoms with Gasteiger partial charge in [0, 0.05) is 11.1 Å². The summed E-state index contributed by atoms with van der Waals surface area (Å²) < 4.78 is 0. The molecule has 1 N–H and O–H groups in total. The quantitative estimate of drug-likeness (QED) is 0.479. The van der Waals surface area contributed by atoms with Crippen LogP contribution in [-0.4, -0.2) is 5.11 Å². The highest BCUT2D eigenvalue weighted by Gasteiger charge is 2.40. The van der Waals surface area contributed by atoms with Gasteiger partial charge in [-0.2, -0.15) is 0 Å². The number of fused-ring (bicyclic) bond motifs is 5. The van der Waals surface area contributed by atoms with Gasteiger partial charge in [0.1, 0.15) is 5.60 Å². The van der Waals surface area contributed by atoms with E-state index in [1.807, 2.05) is 66.7 Å². The molecule has 4 aromatic rings. The summed E-state index contributed by atoms with van der Waals surface area (Å²) in [5.74, 6) is 0. The largest absolute Gasteiger partial charge is 0.376 e. The van der Waals surface area contributed by atoms with Crippen LogP contribution in [-0.2, 0) is 5.60 Å². The molecule has 0 aliphatic heterocycles. The molecular formula is C25H18O. The van der Waals surface area contributed by atoms with Crippen molar-refractivity contribution < 1.29 is 5.11 Å². The van der Waals surface area contributed by atoms with Crippen molar-refractivity contribution in [2.45, 2.75) is 5.60 Å². The average Bonchev–Trinajstić information content (AvgIpc) is 2.82. The summed E-state index contributed by atoms with van der Waals surface area (Å²) in [6.07, 6.45) is 0. The van der Waals surface area contributed by atoms with Crippen molar-refractivity contribution in [2.75, 3.05) is 0 Å². The standard InChI is InChI=1S/C25H18O/c26-25(18-10-2-1-3-11-18)23-16-8-6-14-21(23)19-12-4-5-13-20(19)22-15-7-9-17-24(22)25/h1-17,26H. The average molecular weight is 334 g/mol. The van der Waals surface area contributed by atoms with Gasteiger partial charge >= 0.3 is 0 Å². The molecule has 4 aromatic carbocycles. The molecule has 0 bridgehead atoms. The number of hydrogen-bond donors (Lipinski definition) is 1. The third-order valence-corrected chi connectivity index (χ3v) is 5.33. The first kappa shape index (κ1) is 15.1. The van der Waals surface area contributed by atoms with Crippen LogP contribution in [0.3, 0.4) is 0 Å². The van der Waals surface area contributed by atoms with Crippen molar-refractivity contribution >= 4 is 0 Å². The van der Waals surface area contributed by atoms with E-state index in [0.717, 1.165) is 38.9 Å². The van der Waals surface area contributed by atoms with Gasteiger partial charge in [-0.1, -0.05) is 103 Å².